The first-order valence-electron chi connectivity index (χ1n) is 8.81. The molecule has 1 heterocycles. The first kappa shape index (κ1) is 18.4. The molecular weight excluding hydrogens is 264 g/mol. The van der Waals surface area contributed by atoms with Gasteiger partial charge in [-0.1, -0.05) is 39.5 Å². The number of hydrogen-bond acceptors (Lipinski definition) is 3. The van der Waals surface area contributed by atoms with Gasteiger partial charge in [0.25, 0.3) is 0 Å². The first-order valence-corrected chi connectivity index (χ1v) is 8.81. The number of piperidine rings is 1. The van der Waals surface area contributed by atoms with Crippen molar-refractivity contribution in [2.45, 2.75) is 65.2 Å². The van der Waals surface area contributed by atoms with Crippen molar-refractivity contribution in [2.75, 3.05) is 32.8 Å². The van der Waals surface area contributed by atoms with Crippen LogP contribution in [0.5, 0.6) is 0 Å². The van der Waals surface area contributed by atoms with E-state index >= 15 is 0 Å². The molecule has 4 nitrogen and oxygen atoms in total. The van der Waals surface area contributed by atoms with Gasteiger partial charge in [0.15, 0.2) is 0 Å². The normalized spacial score (nSPS) is 17.7. The van der Waals surface area contributed by atoms with E-state index in [-0.39, 0.29) is 17.9 Å². The van der Waals surface area contributed by atoms with Crippen LogP contribution in [-0.2, 0) is 4.79 Å². The predicted molar refractivity (Wildman–Crippen MR) is 87.3 cm³/mol. The van der Waals surface area contributed by atoms with E-state index in [0.29, 0.717) is 6.54 Å². The topological polar surface area (TPSA) is 52.6 Å². The molecule has 1 saturated heterocycles. The maximum Gasteiger partial charge on any atom is 0.228 e. The Balaban J connectivity index is 2.66. The van der Waals surface area contributed by atoms with E-state index < -0.39 is 0 Å². The van der Waals surface area contributed by atoms with Crippen LogP contribution in [0.1, 0.15) is 65.2 Å². The molecule has 0 unspecified atom stereocenters. The van der Waals surface area contributed by atoms with Gasteiger partial charge in [-0.25, -0.2) is 0 Å². The second kappa shape index (κ2) is 10.2. The number of aliphatic hydroxyl groups is 1. The highest BCUT2D eigenvalue weighted by atomic mass is 16.3. The average molecular weight is 298 g/mol. The molecule has 0 aromatic rings. The Labute approximate surface area is 130 Å². The van der Waals surface area contributed by atoms with Crippen LogP contribution in [0.4, 0.5) is 0 Å². The Kier molecular flexibility index (Phi) is 8.93. The van der Waals surface area contributed by atoms with Crippen molar-refractivity contribution in [2.24, 2.45) is 5.41 Å². The van der Waals surface area contributed by atoms with Crippen molar-refractivity contribution in [3.8, 4) is 0 Å². The van der Waals surface area contributed by atoms with Crippen molar-refractivity contribution in [1.82, 2.24) is 10.2 Å². The van der Waals surface area contributed by atoms with Gasteiger partial charge >= 0.3 is 0 Å². The molecule has 21 heavy (non-hydrogen) atoms. The van der Waals surface area contributed by atoms with Crippen molar-refractivity contribution in [3.05, 3.63) is 0 Å². The molecule has 1 amide bonds. The Hall–Kier alpha value is -0.610. The van der Waals surface area contributed by atoms with E-state index in [2.05, 4.69) is 19.2 Å². The smallest absolute Gasteiger partial charge is 0.228 e. The third kappa shape index (κ3) is 5.59. The number of nitrogens with zero attached hydrogens (tertiary/aromatic N) is 1. The number of nitrogens with one attached hydrogen (secondary N) is 1. The molecule has 0 spiro atoms. The number of unbranched alkanes of at least 4 members (excludes halogenated alkanes) is 3. The Morgan fingerprint density at radius 2 is 1.81 bits per heavy atom. The van der Waals surface area contributed by atoms with Gasteiger partial charge in [0.05, 0.1) is 12.0 Å². The standard InChI is InChI=1S/C17H34N2O2/c1-3-5-6-7-13-19(14-15-20)16(21)17(8-4-2)9-11-18-12-10-17/h18,20H,3-15H2,1-2H3. The van der Waals surface area contributed by atoms with Gasteiger partial charge in [-0.05, 0) is 38.8 Å². The van der Waals surface area contributed by atoms with Gasteiger partial charge in [0.1, 0.15) is 0 Å². The minimum atomic E-state index is -0.181. The highest BCUT2D eigenvalue weighted by molar-refractivity contribution is 5.83. The summed E-state index contributed by atoms with van der Waals surface area (Å²) >= 11 is 0. The van der Waals surface area contributed by atoms with Crippen LogP contribution >= 0.6 is 0 Å². The van der Waals surface area contributed by atoms with E-state index in [9.17, 15) is 9.90 Å². The third-order valence-electron chi connectivity index (χ3n) is 4.68. The number of rotatable bonds is 10. The molecule has 1 aliphatic rings. The van der Waals surface area contributed by atoms with Crippen LogP contribution in [0, 0.1) is 5.41 Å². The zero-order valence-electron chi connectivity index (χ0n) is 14.0. The van der Waals surface area contributed by atoms with Gasteiger partial charge in [0, 0.05) is 13.1 Å². The summed E-state index contributed by atoms with van der Waals surface area (Å²) in [6.45, 7) is 7.60. The van der Waals surface area contributed by atoms with Crippen LogP contribution in [0.3, 0.4) is 0 Å². The number of carbonyl (C=O) groups excluding carboxylic acids is 1. The second-order valence-corrected chi connectivity index (χ2v) is 6.36. The van der Waals surface area contributed by atoms with Crippen LogP contribution in [0.15, 0.2) is 0 Å². The van der Waals surface area contributed by atoms with Crippen LogP contribution in [-0.4, -0.2) is 48.7 Å². The molecule has 0 atom stereocenters. The molecule has 4 heteroatoms. The lowest BCUT2D eigenvalue weighted by Crippen LogP contribution is -2.50. The van der Waals surface area contributed by atoms with Gasteiger partial charge in [-0.3, -0.25) is 4.79 Å². The molecule has 0 bridgehead atoms. The first-order chi connectivity index (χ1) is 10.2. The second-order valence-electron chi connectivity index (χ2n) is 6.36. The van der Waals surface area contributed by atoms with E-state index in [1.165, 1.54) is 19.3 Å². The fraction of sp³-hybridized carbons (Fsp3) is 0.941. The summed E-state index contributed by atoms with van der Waals surface area (Å²) in [5.41, 5.74) is -0.181. The molecule has 0 aromatic heterocycles. The zero-order chi connectivity index (χ0) is 15.6. The lowest BCUT2D eigenvalue weighted by atomic mass is 9.74. The Morgan fingerprint density at radius 1 is 1.10 bits per heavy atom. The number of hydrogen-bond donors (Lipinski definition) is 2. The maximum atomic E-state index is 13.1. The van der Waals surface area contributed by atoms with Gasteiger partial charge in [0.2, 0.25) is 5.91 Å². The molecule has 0 saturated carbocycles. The van der Waals surface area contributed by atoms with Crippen molar-refractivity contribution in [3.63, 3.8) is 0 Å². The van der Waals surface area contributed by atoms with Crippen LogP contribution < -0.4 is 5.32 Å². The number of aliphatic hydroxyl groups excluding tert-OH is 1. The lowest BCUT2D eigenvalue weighted by molar-refractivity contribution is -0.145. The third-order valence-corrected chi connectivity index (χ3v) is 4.68. The van der Waals surface area contributed by atoms with E-state index in [1.807, 2.05) is 4.90 Å². The quantitative estimate of drug-likeness (QED) is 0.609. The molecule has 2 N–H and O–H groups in total. The average Bonchev–Trinajstić information content (AvgIpc) is 2.51. The summed E-state index contributed by atoms with van der Waals surface area (Å²) in [4.78, 5) is 15.0. The predicted octanol–water partition coefficient (Wildman–Crippen LogP) is 2.56. The molecule has 1 fully saturated rings. The van der Waals surface area contributed by atoms with E-state index in [1.54, 1.807) is 0 Å². The highest BCUT2D eigenvalue weighted by Gasteiger charge is 2.40. The molecular formula is C17H34N2O2. The minimum absolute atomic E-state index is 0.0694. The van der Waals surface area contributed by atoms with Crippen molar-refractivity contribution < 1.29 is 9.90 Å². The highest BCUT2D eigenvalue weighted by Crippen LogP contribution is 2.36. The summed E-state index contributed by atoms with van der Waals surface area (Å²) in [6.07, 6.45) is 8.57. The lowest BCUT2D eigenvalue weighted by Gasteiger charge is -2.40. The monoisotopic (exact) mass is 298 g/mol. The zero-order valence-corrected chi connectivity index (χ0v) is 14.0. The van der Waals surface area contributed by atoms with E-state index in [4.69, 9.17) is 0 Å². The summed E-state index contributed by atoms with van der Waals surface area (Å²) < 4.78 is 0. The molecule has 0 radical (unpaired) electrons. The summed E-state index contributed by atoms with van der Waals surface area (Å²) in [5, 5.41) is 12.7. The fourth-order valence-electron chi connectivity index (χ4n) is 3.46. The molecule has 0 aromatic carbocycles. The minimum Gasteiger partial charge on any atom is -0.395 e. The van der Waals surface area contributed by atoms with Crippen molar-refractivity contribution in [1.29, 1.82) is 0 Å². The van der Waals surface area contributed by atoms with Crippen LogP contribution in [0.2, 0.25) is 0 Å². The summed E-state index contributed by atoms with van der Waals surface area (Å²) in [5.74, 6) is 0.288. The van der Waals surface area contributed by atoms with Crippen LogP contribution in [0.25, 0.3) is 0 Å². The van der Waals surface area contributed by atoms with Gasteiger partial charge < -0.3 is 15.3 Å². The largest absolute Gasteiger partial charge is 0.395 e. The molecule has 0 aliphatic carbocycles. The van der Waals surface area contributed by atoms with Gasteiger partial charge in [-0.2, -0.15) is 0 Å². The summed E-state index contributed by atoms with van der Waals surface area (Å²) in [7, 11) is 0. The summed E-state index contributed by atoms with van der Waals surface area (Å²) in [6, 6.07) is 0. The van der Waals surface area contributed by atoms with E-state index in [0.717, 1.165) is 51.7 Å². The SMILES string of the molecule is CCCCCCN(CCO)C(=O)C1(CCC)CCNCC1. The maximum absolute atomic E-state index is 13.1. The molecule has 124 valence electrons. The van der Waals surface area contributed by atoms with Gasteiger partial charge in [-0.15, -0.1) is 0 Å². The fourth-order valence-corrected chi connectivity index (χ4v) is 3.46. The molecule has 1 rings (SSSR count). The Bertz CT molecular complexity index is 283. The Morgan fingerprint density at radius 3 is 2.38 bits per heavy atom. The number of amides is 1. The molecule has 1 aliphatic heterocycles. The number of carbonyl (C=O) groups is 1. The van der Waals surface area contributed by atoms with Crippen molar-refractivity contribution >= 4 is 5.91 Å².